The molecule has 1 aromatic heterocycles. The predicted octanol–water partition coefficient (Wildman–Crippen LogP) is 1.56. The molecule has 148 valence electrons. The molecule has 0 radical (unpaired) electrons. The molecule has 0 saturated heterocycles. The van der Waals surface area contributed by atoms with E-state index in [9.17, 15) is 16.8 Å². The number of anilines is 1. The van der Waals surface area contributed by atoms with Crippen LogP contribution in [0.1, 0.15) is 0 Å². The first-order valence-corrected chi connectivity index (χ1v) is 11.5. The van der Waals surface area contributed by atoms with Gasteiger partial charge in [-0.2, -0.15) is 5.10 Å². The maximum atomic E-state index is 12.7. The number of rotatable bonds is 8. The summed E-state index contributed by atoms with van der Waals surface area (Å²) in [6.07, 6.45) is 3.95. The van der Waals surface area contributed by atoms with Gasteiger partial charge in [0.2, 0.25) is 0 Å². The molecule has 3 rings (SSSR count). The summed E-state index contributed by atoms with van der Waals surface area (Å²) in [7, 11) is -7.81. The number of nitrogens with zero attached hydrogens (tertiary/aromatic N) is 3. The summed E-state index contributed by atoms with van der Waals surface area (Å²) in [6, 6.07) is 11.8. The van der Waals surface area contributed by atoms with Crippen LogP contribution in [0.5, 0.6) is 5.75 Å². The fourth-order valence-corrected chi connectivity index (χ4v) is 5.12. The minimum Gasteiger partial charge on any atom is -0.492 e. The number of aromatic nitrogens is 3. The largest absolute Gasteiger partial charge is 0.492 e. The molecule has 0 amide bonds. The van der Waals surface area contributed by atoms with Gasteiger partial charge in [0.1, 0.15) is 29.9 Å². The van der Waals surface area contributed by atoms with Crippen LogP contribution in [0.15, 0.2) is 71.0 Å². The Morgan fingerprint density at radius 2 is 1.79 bits per heavy atom. The summed E-state index contributed by atoms with van der Waals surface area (Å²) < 4.78 is 58.8. The van der Waals surface area contributed by atoms with Crippen LogP contribution in [-0.2, 0) is 26.4 Å². The van der Waals surface area contributed by atoms with Crippen LogP contribution in [0.2, 0.25) is 0 Å². The van der Waals surface area contributed by atoms with Crippen molar-refractivity contribution in [1.82, 2.24) is 14.8 Å². The Morgan fingerprint density at radius 1 is 1.04 bits per heavy atom. The third-order valence-corrected chi connectivity index (χ3v) is 6.40. The zero-order chi connectivity index (χ0) is 20.2. The fourth-order valence-electron chi connectivity index (χ4n) is 2.44. The Balaban J connectivity index is 1.76. The molecular weight excluding hydrogens is 404 g/mol. The molecule has 0 aliphatic rings. The molecule has 0 fully saturated rings. The molecule has 0 aliphatic carbocycles. The molecule has 3 aromatic rings. The van der Waals surface area contributed by atoms with Crippen LogP contribution in [0.25, 0.3) is 0 Å². The average molecular weight is 422 g/mol. The van der Waals surface area contributed by atoms with Crippen LogP contribution in [0, 0.1) is 0 Å². The second-order valence-corrected chi connectivity index (χ2v) is 9.49. The summed E-state index contributed by atoms with van der Waals surface area (Å²) in [6.45, 7) is 0.800. The number of sulfonamides is 1. The third-order valence-electron chi connectivity index (χ3n) is 3.68. The van der Waals surface area contributed by atoms with Crippen LogP contribution in [-0.4, -0.2) is 44.5 Å². The zero-order valence-corrected chi connectivity index (χ0v) is 16.5. The van der Waals surface area contributed by atoms with E-state index < -0.39 is 19.9 Å². The van der Waals surface area contributed by atoms with Crippen LogP contribution >= 0.6 is 0 Å². The highest BCUT2D eigenvalue weighted by atomic mass is 32.2. The van der Waals surface area contributed by atoms with E-state index in [4.69, 9.17) is 4.74 Å². The first-order chi connectivity index (χ1) is 13.3. The molecule has 0 unspecified atom stereocenters. The van der Waals surface area contributed by atoms with Crippen LogP contribution in [0.4, 0.5) is 5.69 Å². The smallest absolute Gasteiger partial charge is 0.263 e. The van der Waals surface area contributed by atoms with Gasteiger partial charge >= 0.3 is 0 Å². The molecule has 1 N–H and O–H groups in total. The number of hydrogen-bond acceptors (Lipinski definition) is 7. The van der Waals surface area contributed by atoms with Crippen molar-refractivity contribution in [1.29, 1.82) is 0 Å². The monoisotopic (exact) mass is 422 g/mol. The lowest BCUT2D eigenvalue weighted by Gasteiger charge is -2.12. The Bertz CT molecular complexity index is 1160. The van der Waals surface area contributed by atoms with Gasteiger partial charge in [0.05, 0.1) is 17.1 Å². The first-order valence-electron chi connectivity index (χ1n) is 8.13. The zero-order valence-electron chi connectivity index (χ0n) is 14.9. The van der Waals surface area contributed by atoms with Gasteiger partial charge in [0.15, 0.2) is 9.84 Å². The van der Waals surface area contributed by atoms with Gasteiger partial charge in [0, 0.05) is 12.3 Å². The molecular formula is C17H18N4O5S2. The van der Waals surface area contributed by atoms with Gasteiger partial charge in [-0.15, -0.1) is 0 Å². The van der Waals surface area contributed by atoms with Gasteiger partial charge < -0.3 is 4.74 Å². The first kappa shape index (κ1) is 19.8. The number of ether oxygens (including phenoxy) is 1. The molecule has 2 aromatic carbocycles. The standard InChI is InChI=1S/C17H18N4O5S2/c1-27(22,23)16-7-2-3-8-17(16)28(24,25)20-14-5-4-6-15(11-14)26-10-9-21-13-18-12-19-21/h2-8,11-13,20H,9-10H2,1H3. The highest BCUT2D eigenvalue weighted by Gasteiger charge is 2.23. The van der Waals surface area contributed by atoms with Crippen LogP contribution < -0.4 is 9.46 Å². The molecule has 0 bridgehead atoms. The van der Waals surface area contributed by atoms with E-state index in [1.54, 1.807) is 29.2 Å². The summed E-state index contributed by atoms with van der Waals surface area (Å²) in [5, 5.41) is 3.96. The predicted molar refractivity (Wildman–Crippen MR) is 102 cm³/mol. The topological polar surface area (TPSA) is 120 Å². The van der Waals surface area contributed by atoms with Crippen molar-refractivity contribution in [3.8, 4) is 5.75 Å². The number of benzene rings is 2. The lowest BCUT2D eigenvalue weighted by Crippen LogP contribution is -2.16. The summed E-state index contributed by atoms with van der Waals surface area (Å²) >= 11 is 0. The molecule has 11 heteroatoms. The van der Waals surface area contributed by atoms with E-state index in [-0.39, 0.29) is 15.5 Å². The Labute approximate surface area is 163 Å². The Morgan fingerprint density at radius 3 is 2.46 bits per heavy atom. The highest BCUT2D eigenvalue weighted by molar-refractivity contribution is 7.95. The van der Waals surface area contributed by atoms with E-state index in [0.717, 1.165) is 6.26 Å². The normalized spacial score (nSPS) is 11.9. The number of hydrogen-bond donors (Lipinski definition) is 1. The van der Waals surface area contributed by atoms with E-state index in [0.29, 0.717) is 18.9 Å². The minimum absolute atomic E-state index is 0.251. The molecule has 28 heavy (non-hydrogen) atoms. The van der Waals surface area contributed by atoms with E-state index in [1.807, 2.05) is 0 Å². The Kier molecular flexibility index (Phi) is 5.66. The van der Waals surface area contributed by atoms with Crippen LogP contribution in [0.3, 0.4) is 0 Å². The van der Waals surface area contributed by atoms with Crippen molar-refractivity contribution in [2.24, 2.45) is 0 Å². The number of sulfone groups is 1. The molecule has 9 nitrogen and oxygen atoms in total. The molecule has 0 saturated carbocycles. The lowest BCUT2D eigenvalue weighted by atomic mass is 10.3. The van der Waals surface area contributed by atoms with E-state index in [1.165, 1.54) is 36.7 Å². The average Bonchev–Trinajstić information content (AvgIpc) is 3.14. The Hall–Kier alpha value is -2.92. The van der Waals surface area contributed by atoms with Crippen molar-refractivity contribution in [2.45, 2.75) is 16.3 Å². The summed E-state index contributed by atoms with van der Waals surface area (Å²) in [4.78, 5) is 3.26. The maximum absolute atomic E-state index is 12.7. The second-order valence-electron chi connectivity index (χ2n) is 5.86. The van der Waals surface area contributed by atoms with Crippen molar-refractivity contribution in [3.63, 3.8) is 0 Å². The van der Waals surface area contributed by atoms with E-state index in [2.05, 4.69) is 14.8 Å². The molecule has 0 atom stereocenters. The van der Waals surface area contributed by atoms with Gasteiger partial charge in [-0.25, -0.2) is 26.5 Å². The summed E-state index contributed by atoms with van der Waals surface area (Å²) in [5.41, 5.74) is 0.251. The molecule has 0 spiro atoms. The third kappa shape index (κ3) is 4.87. The lowest BCUT2D eigenvalue weighted by molar-refractivity contribution is 0.291. The second kappa shape index (κ2) is 7.98. The van der Waals surface area contributed by atoms with Crippen molar-refractivity contribution >= 4 is 25.5 Å². The van der Waals surface area contributed by atoms with Gasteiger partial charge in [-0.1, -0.05) is 18.2 Å². The van der Waals surface area contributed by atoms with Crippen molar-refractivity contribution < 1.29 is 21.6 Å². The fraction of sp³-hybridized carbons (Fsp3) is 0.176. The maximum Gasteiger partial charge on any atom is 0.263 e. The highest BCUT2D eigenvalue weighted by Crippen LogP contribution is 2.25. The van der Waals surface area contributed by atoms with Crippen molar-refractivity contribution in [3.05, 3.63) is 61.2 Å². The molecule has 1 heterocycles. The van der Waals surface area contributed by atoms with E-state index >= 15 is 0 Å². The molecule has 0 aliphatic heterocycles. The van der Waals surface area contributed by atoms with Gasteiger partial charge in [-0.3, -0.25) is 4.72 Å². The minimum atomic E-state index is -4.11. The van der Waals surface area contributed by atoms with Gasteiger partial charge in [-0.05, 0) is 24.3 Å². The van der Waals surface area contributed by atoms with Gasteiger partial charge in [0.25, 0.3) is 10.0 Å². The quantitative estimate of drug-likeness (QED) is 0.585. The summed E-state index contributed by atoms with van der Waals surface area (Å²) in [5.74, 6) is 0.455. The number of nitrogens with one attached hydrogen (secondary N) is 1. The SMILES string of the molecule is CS(=O)(=O)c1ccccc1S(=O)(=O)Nc1cccc(OCCn2cncn2)c1. The van der Waals surface area contributed by atoms with Crippen molar-refractivity contribution in [2.75, 3.05) is 17.6 Å².